The Morgan fingerprint density at radius 2 is 1.39 bits per heavy atom. The van der Waals surface area contributed by atoms with Crippen LogP contribution in [0.25, 0.3) is 0 Å². The smallest absolute Gasteiger partial charge is 0.330 e. The number of hydrogen-bond acceptors (Lipinski definition) is 12. The molecular formula is C40H69N4O12P. The molecule has 0 heterocycles. The third-order valence-electron chi connectivity index (χ3n) is 9.46. The largest absolute Gasteiger partial charge is 0.382 e. The van der Waals surface area contributed by atoms with Crippen molar-refractivity contribution in [1.29, 1.82) is 0 Å². The Labute approximate surface area is 339 Å². The first-order valence-electron chi connectivity index (χ1n) is 20.3. The van der Waals surface area contributed by atoms with Crippen LogP contribution in [-0.4, -0.2) is 144 Å². The van der Waals surface area contributed by atoms with Gasteiger partial charge in [-0.15, -0.1) is 0 Å². The molecule has 17 heteroatoms. The number of methoxy groups -OCH3 is 2. The lowest BCUT2D eigenvalue weighted by Gasteiger charge is -2.30. The topological polar surface area (TPSA) is 200 Å². The molecule has 4 N–H and O–H groups in total. The lowest BCUT2D eigenvalue weighted by molar-refractivity contribution is -0.131. The molecule has 57 heavy (non-hydrogen) atoms. The highest BCUT2D eigenvalue weighted by Gasteiger charge is 2.33. The minimum atomic E-state index is -3.67. The van der Waals surface area contributed by atoms with Gasteiger partial charge in [-0.2, -0.15) is 0 Å². The Morgan fingerprint density at radius 1 is 0.789 bits per heavy atom. The summed E-state index contributed by atoms with van der Waals surface area (Å²) in [6.45, 7) is 9.13. The molecule has 0 bridgehead atoms. The van der Waals surface area contributed by atoms with Crippen molar-refractivity contribution in [3.05, 3.63) is 35.4 Å². The molecule has 1 aliphatic rings. The van der Waals surface area contributed by atoms with E-state index in [0.29, 0.717) is 84.9 Å². The Hall–Kier alpha value is -2.79. The first kappa shape index (κ1) is 50.4. The summed E-state index contributed by atoms with van der Waals surface area (Å²) in [4.78, 5) is 65.0. The van der Waals surface area contributed by atoms with E-state index in [-0.39, 0.29) is 81.2 Å². The summed E-state index contributed by atoms with van der Waals surface area (Å²) >= 11 is 0. The third-order valence-corrected chi connectivity index (χ3v) is 11.4. The summed E-state index contributed by atoms with van der Waals surface area (Å²) in [7, 11) is -0.504. The number of nitrogens with one attached hydrogen (secondary N) is 3. The maximum absolute atomic E-state index is 13.8. The first-order chi connectivity index (χ1) is 27.4. The van der Waals surface area contributed by atoms with E-state index in [1.807, 2.05) is 31.2 Å². The van der Waals surface area contributed by atoms with Gasteiger partial charge in [-0.05, 0) is 56.1 Å². The molecular weight excluding hydrogens is 759 g/mol. The Kier molecular flexibility index (Phi) is 26.0. The molecule has 326 valence electrons. The van der Waals surface area contributed by atoms with Gasteiger partial charge in [0.1, 0.15) is 5.78 Å². The first-order valence-corrected chi connectivity index (χ1v) is 21.9. The van der Waals surface area contributed by atoms with Crippen molar-refractivity contribution >= 4 is 31.1 Å². The molecule has 16 nitrogen and oxygen atoms in total. The average Bonchev–Trinajstić information content (AvgIpc) is 3.18. The summed E-state index contributed by atoms with van der Waals surface area (Å²) in [5.41, 5.74) is 1.19. The number of ketones is 1. The average molecular weight is 829 g/mol. The minimum Gasteiger partial charge on any atom is -0.382 e. The second-order valence-corrected chi connectivity index (χ2v) is 16.9. The van der Waals surface area contributed by atoms with Crippen molar-refractivity contribution in [2.45, 2.75) is 96.5 Å². The molecule has 1 saturated carbocycles. The fourth-order valence-electron chi connectivity index (χ4n) is 6.06. The van der Waals surface area contributed by atoms with Crippen molar-refractivity contribution < 1.29 is 56.8 Å². The van der Waals surface area contributed by atoms with Crippen LogP contribution in [0.4, 0.5) is 0 Å². The van der Waals surface area contributed by atoms with Crippen LogP contribution in [0.2, 0.25) is 0 Å². The Morgan fingerprint density at radius 3 is 2.00 bits per heavy atom. The number of ether oxygens (including phenoxy) is 5. The molecule has 0 radical (unpaired) electrons. The van der Waals surface area contributed by atoms with Gasteiger partial charge in [0.05, 0.1) is 70.5 Å². The number of carbonyl (C=O) groups is 4. The maximum atomic E-state index is 13.8. The predicted molar refractivity (Wildman–Crippen MR) is 216 cm³/mol. The zero-order valence-corrected chi connectivity index (χ0v) is 35.7. The summed E-state index contributed by atoms with van der Waals surface area (Å²) in [6, 6.07) is 6.67. The van der Waals surface area contributed by atoms with Crippen LogP contribution >= 0.6 is 7.60 Å². The Balaban J connectivity index is 2.12. The number of carbonyl (C=O) groups excluding carboxylic acids is 4. The van der Waals surface area contributed by atoms with Crippen LogP contribution in [0, 0.1) is 5.92 Å². The number of benzene rings is 1. The molecule has 0 aromatic heterocycles. The number of nitrogens with zero attached hydrogens (tertiary/aromatic N) is 1. The quantitative estimate of drug-likeness (QED) is 0.0611. The number of hydrogen-bond donors (Lipinski definition) is 4. The highest BCUT2D eigenvalue weighted by atomic mass is 31.2. The van der Waals surface area contributed by atoms with Crippen molar-refractivity contribution in [3.8, 4) is 0 Å². The Bertz CT molecular complexity index is 1310. The standard InChI is InChI=1S/C40H69N4O12P/c1-6-19-53-22-18-42-40(48)37(44(29-35(45)8-7-20-54-25-23-51-4)30-38(46)41-17-21-55-26-24-52-5)27-32-9-11-33(12-10-32)28-43-39(47)34-13-15-36(16-14-34)56-57(49,50)31(2)3/h9-12,31,34,36-37H,6-8,13-30H2,1-5H3,(H,41,46)(H,42,48)(H,43,47)(H,49,50)/t34?,36?,37-/m1/s1. The van der Waals surface area contributed by atoms with E-state index in [9.17, 15) is 28.6 Å². The van der Waals surface area contributed by atoms with Gasteiger partial charge in [0.2, 0.25) is 17.7 Å². The van der Waals surface area contributed by atoms with Gasteiger partial charge < -0.3 is 49.1 Å². The van der Waals surface area contributed by atoms with Gasteiger partial charge in [-0.1, -0.05) is 45.0 Å². The zero-order valence-electron chi connectivity index (χ0n) is 34.8. The summed E-state index contributed by atoms with van der Waals surface area (Å²) in [6.07, 6.45) is 3.68. The van der Waals surface area contributed by atoms with Crippen molar-refractivity contribution in [1.82, 2.24) is 20.9 Å². The van der Waals surface area contributed by atoms with Crippen molar-refractivity contribution in [2.75, 3.05) is 93.3 Å². The van der Waals surface area contributed by atoms with Gasteiger partial charge in [0, 0.05) is 59.4 Å². The van der Waals surface area contributed by atoms with E-state index < -0.39 is 19.3 Å². The van der Waals surface area contributed by atoms with Gasteiger partial charge >= 0.3 is 7.60 Å². The second-order valence-electron chi connectivity index (χ2n) is 14.5. The van der Waals surface area contributed by atoms with Crippen molar-refractivity contribution in [2.24, 2.45) is 5.92 Å². The second kappa shape index (κ2) is 29.4. The molecule has 0 spiro atoms. The lowest BCUT2D eigenvalue weighted by Crippen LogP contribution is -2.53. The van der Waals surface area contributed by atoms with E-state index >= 15 is 0 Å². The highest BCUT2D eigenvalue weighted by molar-refractivity contribution is 7.53. The molecule has 0 aliphatic heterocycles. The predicted octanol–water partition coefficient (Wildman–Crippen LogP) is 3.02. The van der Waals surface area contributed by atoms with Gasteiger partial charge in [0.25, 0.3) is 0 Å². The van der Waals surface area contributed by atoms with Gasteiger partial charge in [-0.25, -0.2) is 0 Å². The SMILES string of the molecule is CCCOCCNC(=O)[C@@H](Cc1ccc(CNC(=O)C2CCC(OP(=O)(O)C(C)C)CC2)cc1)N(CC(=O)CCCOCCOC)CC(=O)NCCOCCOC. The highest BCUT2D eigenvalue weighted by Crippen LogP contribution is 2.50. The molecule has 1 unspecified atom stereocenters. The van der Waals surface area contributed by atoms with E-state index in [0.717, 1.165) is 17.5 Å². The normalized spacial score (nSPS) is 17.3. The molecule has 1 aromatic carbocycles. The molecule has 2 atom stereocenters. The fraction of sp³-hybridized carbons (Fsp3) is 0.750. The third kappa shape index (κ3) is 21.7. The molecule has 2 rings (SSSR count). The summed E-state index contributed by atoms with van der Waals surface area (Å²) in [5, 5.41) is 8.77. The molecule has 1 aliphatic carbocycles. The van der Waals surface area contributed by atoms with Crippen LogP contribution in [0.1, 0.15) is 76.8 Å². The zero-order chi connectivity index (χ0) is 41.9. The number of amides is 3. The van der Waals surface area contributed by atoms with Crippen LogP contribution in [0.15, 0.2) is 24.3 Å². The van der Waals surface area contributed by atoms with Crippen molar-refractivity contribution in [3.63, 3.8) is 0 Å². The maximum Gasteiger partial charge on any atom is 0.330 e. The monoisotopic (exact) mass is 828 g/mol. The van der Waals surface area contributed by atoms with Crippen LogP contribution in [0.5, 0.6) is 0 Å². The van der Waals surface area contributed by atoms with E-state index in [2.05, 4.69) is 16.0 Å². The van der Waals surface area contributed by atoms with E-state index in [1.165, 1.54) is 0 Å². The number of rotatable bonds is 32. The fourth-order valence-corrected chi connectivity index (χ4v) is 6.94. The number of Topliss-reactive ketones (excluding diaryl/α,β-unsaturated/α-hetero) is 1. The van der Waals surface area contributed by atoms with E-state index in [4.69, 9.17) is 28.2 Å². The summed E-state index contributed by atoms with van der Waals surface area (Å²) in [5.74, 6) is -1.08. The summed E-state index contributed by atoms with van der Waals surface area (Å²) < 4.78 is 44.3. The lowest BCUT2D eigenvalue weighted by atomic mass is 9.87. The van der Waals surface area contributed by atoms with Gasteiger partial charge in [0.15, 0.2) is 0 Å². The molecule has 3 amide bonds. The molecule has 0 saturated heterocycles. The van der Waals surface area contributed by atoms with Crippen LogP contribution in [-0.2, 0) is 64.9 Å². The van der Waals surface area contributed by atoms with Crippen LogP contribution in [0.3, 0.4) is 0 Å². The van der Waals surface area contributed by atoms with E-state index in [1.54, 1.807) is 33.0 Å². The van der Waals surface area contributed by atoms with Crippen LogP contribution < -0.4 is 16.0 Å². The molecule has 1 fully saturated rings. The minimum absolute atomic E-state index is 0.0742. The molecule has 1 aromatic rings. The van der Waals surface area contributed by atoms with Gasteiger partial charge in [-0.3, -0.25) is 28.6 Å².